The number of carbonyl (C=O) groups excluding carboxylic acids is 2. The monoisotopic (exact) mass is 494 g/mol. The van der Waals surface area contributed by atoms with Gasteiger partial charge in [-0.3, -0.25) is 9.59 Å². The molecule has 2 amide bonds. The Bertz CT molecular complexity index is 1110. The van der Waals surface area contributed by atoms with Crippen LogP contribution in [-0.4, -0.2) is 28.8 Å². The minimum absolute atomic E-state index is 0.0434. The summed E-state index contributed by atoms with van der Waals surface area (Å²) in [5, 5.41) is 3.23. The number of rotatable bonds is 10. The molecule has 0 aliphatic carbocycles. The van der Waals surface area contributed by atoms with Crippen molar-refractivity contribution in [1.29, 1.82) is 0 Å². The minimum Gasteiger partial charge on any atom is -0.352 e. The van der Waals surface area contributed by atoms with Crippen LogP contribution in [0.1, 0.15) is 42.5 Å². The van der Waals surface area contributed by atoms with E-state index in [2.05, 4.69) is 5.32 Å². The number of amides is 2. The molecule has 0 aliphatic rings. The smallest absolute Gasteiger partial charge is 0.243 e. The number of hydrogen-bond acceptors (Lipinski definition) is 2. The van der Waals surface area contributed by atoms with Crippen molar-refractivity contribution in [2.75, 3.05) is 0 Å². The number of benzene rings is 3. The summed E-state index contributed by atoms with van der Waals surface area (Å²) in [5.41, 5.74) is 3.05. The molecule has 0 fully saturated rings. The largest absolute Gasteiger partial charge is 0.352 e. The molecule has 35 heavy (non-hydrogen) atoms. The van der Waals surface area contributed by atoms with Gasteiger partial charge in [-0.1, -0.05) is 84.8 Å². The van der Waals surface area contributed by atoms with Crippen molar-refractivity contribution in [1.82, 2.24) is 10.2 Å². The second-order valence-electron chi connectivity index (χ2n) is 8.91. The first kappa shape index (κ1) is 26.4. The maximum absolute atomic E-state index is 14.5. The minimum atomic E-state index is -0.772. The topological polar surface area (TPSA) is 49.4 Å². The van der Waals surface area contributed by atoms with Crippen LogP contribution >= 0.6 is 11.6 Å². The van der Waals surface area contributed by atoms with E-state index in [1.165, 1.54) is 12.1 Å². The molecule has 0 saturated carbocycles. The molecular formula is C29H32ClFN2O2. The molecule has 4 nitrogen and oxygen atoms in total. The second kappa shape index (κ2) is 12.5. The van der Waals surface area contributed by atoms with Gasteiger partial charge in [0.1, 0.15) is 11.9 Å². The SMILES string of the molecule is CC[C@H](C)NC(=O)[C@@H](Cc1ccccc1)N(Cc1ccc(C)cc1)C(=O)Cc1c(F)cccc1Cl. The molecule has 3 rings (SSSR count). The summed E-state index contributed by atoms with van der Waals surface area (Å²) in [5.74, 6) is -1.13. The van der Waals surface area contributed by atoms with Gasteiger partial charge in [0.25, 0.3) is 0 Å². The van der Waals surface area contributed by atoms with Crippen LogP contribution in [0.25, 0.3) is 0 Å². The molecule has 2 atom stereocenters. The van der Waals surface area contributed by atoms with Crippen LogP contribution in [0, 0.1) is 12.7 Å². The molecule has 3 aromatic rings. The predicted molar refractivity (Wildman–Crippen MR) is 139 cm³/mol. The first-order valence-corrected chi connectivity index (χ1v) is 12.3. The molecule has 0 spiro atoms. The van der Waals surface area contributed by atoms with E-state index in [1.54, 1.807) is 11.0 Å². The zero-order valence-electron chi connectivity index (χ0n) is 20.4. The van der Waals surface area contributed by atoms with Crippen molar-refractivity contribution >= 4 is 23.4 Å². The van der Waals surface area contributed by atoms with Gasteiger partial charge in [0, 0.05) is 29.6 Å². The first-order valence-electron chi connectivity index (χ1n) is 11.9. The lowest BCUT2D eigenvalue weighted by molar-refractivity contribution is -0.141. The Labute approximate surface area is 212 Å². The van der Waals surface area contributed by atoms with Crippen LogP contribution < -0.4 is 5.32 Å². The summed E-state index contributed by atoms with van der Waals surface area (Å²) in [7, 11) is 0. The van der Waals surface area contributed by atoms with Gasteiger partial charge in [-0.25, -0.2) is 4.39 Å². The second-order valence-corrected chi connectivity index (χ2v) is 9.31. The van der Waals surface area contributed by atoms with Gasteiger partial charge < -0.3 is 10.2 Å². The van der Waals surface area contributed by atoms with Gasteiger partial charge in [0.2, 0.25) is 11.8 Å². The molecule has 1 N–H and O–H groups in total. The number of nitrogens with one attached hydrogen (secondary N) is 1. The molecular weight excluding hydrogens is 463 g/mol. The fourth-order valence-electron chi connectivity index (χ4n) is 3.84. The van der Waals surface area contributed by atoms with Crippen LogP contribution in [0.15, 0.2) is 72.8 Å². The quantitative estimate of drug-likeness (QED) is 0.382. The third-order valence-electron chi connectivity index (χ3n) is 6.14. The van der Waals surface area contributed by atoms with Crippen molar-refractivity contribution in [2.24, 2.45) is 0 Å². The van der Waals surface area contributed by atoms with Crippen LogP contribution in [-0.2, 0) is 29.0 Å². The third-order valence-corrected chi connectivity index (χ3v) is 6.49. The zero-order chi connectivity index (χ0) is 25.4. The van der Waals surface area contributed by atoms with Crippen molar-refractivity contribution in [3.63, 3.8) is 0 Å². The maximum Gasteiger partial charge on any atom is 0.243 e. The molecule has 0 bridgehead atoms. The van der Waals surface area contributed by atoms with Gasteiger partial charge in [-0.2, -0.15) is 0 Å². The van der Waals surface area contributed by atoms with Gasteiger partial charge in [0.05, 0.1) is 6.42 Å². The molecule has 184 valence electrons. The predicted octanol–water partition coefficient (Wildman–Crippen LogP) is 5.88. The summed E-state index contributed by atoms with van der Waals surface area (Å²) < 4.78 is 14.5. The molecule has 0 heterocycles. The van der Waals surface area contributed by atoms with E-state index >= 15 is 0 Å². The molecule has 6 heteroatoms. The Kier molecular flexibility index (Phi) is 9.44. The Morgan fingerprint density at radius 3 is 2.29 bits per heavy atom. The van der Waals surface area contributed by atoms with Crippen LogP contribution in [0.4, 0.5) is 4.39 Å². The molecule has 0 saturated heterocycles. The van der Waals surface area contributed by atoms with Gasteiger partial charge in [0.15, 0.2) is 0 Å². The van der Waals surface area contributed by atoms with E-state index in [-0.39, 0.29) is 41.4 Å². The Balaban J connectivity index is 2.00. The van der Waals surface area contributed by atoms with E-state index in [0.717, 1.165) is 23.1 Å². The fourth-order valence-corrected chi connectivity index (χ4v) is 4.07. The van der Waals surface area contributed by atoms with E-state index in [1.807, 2.05) is 75.4 Å². The molecule has 0 aromatic heterocycles. The molecule has 3 aromatic carbocycles. The normalized spacial score (nSPS) is 12.6. The summed E-state index contributed by atoms with van der Waals surface area (Å²) in [6.07, 6.45) is 0.867. The highest BCUT2D eigenvalue weighted by molar-refractivity contribution is 6.31. The number of halogens is 2. The highest BCUT2D eigenvalue weighted by atomic mass is 35.5. The standard InChI is InChI=1S/C29H32ClFN2O2/c1-4-21(3)32-29(35)27(17-22-9-6-5-7-10-22)33(19-23-15-13-20(2)14-16-23)28(34)18-24-25(30)11-8-12-26(24)31/h5-16,21,27H,4,17-19H2,1-3H3,(H,32,35)/t21-,27+/m0/s1. The Morgan fingerprint density at radius 2 is 1.66 bits per heavy atom. The number of nitrogens with zero attached hydrogens (tertiary/aromatic N) is 1. The lowest BCUT2D eigenvalue weighted by Crippen LogP contribution is -2.52. The van der Waals surface area contributed by atoms with Gasteiger partial charge in [-0.05, 0) is 43.5 Å². The average Bonchev–Trinajstić information content (AvgIpc) is 2.85. The summed E-state index contributed by atoms with van der Waals surface area (Å²) in [6, 6.07) is 21.0. The summed E-state index contributed by atoms with van der Waals surface area (Å²) in [4.78, 5) is 28.7. The van der Waals surface area contributed by atoms with Gasteiger partial charge >= 0.3 is 0 Å². The third kappa shape index (κ3) is 7.40. The molecule has 0 unspecified atom stereocenters. The van der Waals surface area contributed by atoms with E-state index < -0.39 is 11.9 Å². The highest BCUT2D eigenvalue weighted by Crippen LogP contribution is 2.22. The van der Waals surface area contributed by atoms with Crippen LogP contribution in [0.5, 0.6) is 0 Å². The van der Waals surface area contributed by atoms with Crippen LogP contribution in [0.3, 0.4) is 0 Å². The molecule has 0 aliphatic heterocycles. The average molecular weight is 495 g/mol. The summed E-state index contributed by atoms with van der Waals surface area (Å²) >= 11 is 6.23. The van der Waals surface area contributed by atoms with Crippen molar-refractivity contribution in [2.45, 2.75) is 58.7 Å². The highest BCUT2D eigenvalue weighted by Gasteiger charge is 2.31. The van der Waals surface area contributed by atoms with Crippen molar-refractivity contribution in [3.05, 3.63) is 106 Å². The fraction of sp³-hybridized carbons (Fsp3) is 0.310. The number of aryl methyl sites for hydroxylation is 1. The Morgan fingerprint density at radius 1 is 0.971 bits per heavy atom. The van der Waals surface area contributed by atoms with Crippen molar-refractivity contribution in [3.8, 4) is 0 Å². The maximum atomic E-state index is 14.5. The number of carbonyl (C=O) groups is 2. The Hall–Kier alpha value is -3.18. The number of hydrogen-bond donors (Lipinski definition) is 1. The van der Waals surface area contributed by atoms with E-state index in [9.17, 15) is 14.0 Å². The molecule has 0 radical (unpaired) electrons. The lowest BCUT2D eigenvalue weighted by Gasteiger charge is -2.32. The van der Waals surface area contributed by atoms with Crippen LogP contribution in [0.2, 0.25) is 5.02 Å². The first-order chi connectivity index (χ1) is 16.8. The van der Waals surface area contributed by atoms with Gasteiger partial charge in [-0.15, -0.1) is 0 Å². The van der Waals surface area contributed by atoms with E-state index in [4.69, 9.17) is 11.6 Å². The van der Waals surface area contributed by atoms with E-state index in [0.29, 0.717) is 6.42 Å². The van der Waals surface area contributed by atoms with Crippen molar-refractivity contribution < 1.29 is 14.0 Å². The lowest BCUT2D eigenvalue weighted by atomic mass is 10.0. The summed E-state index contributed by atoms with van der Waals surface area (Å²) in [6.45, 7) is 6.14. The zero-order valence-corrected chi connectivity index (χ0v) is 21.2.